The van der Waals surface area contributed by atoms with Gasteiger partial charge in [0.1, 0.15) is 17.9 Å². The highest BCUT2D eigenvalue weighted by Gasteiger charge is 2.48. The third-order valence-electron chi connectivity index (χ3n) is 7.02. The fourth-order valence-corrected chi connectivity index (χ4v) is 4.84. The summed E-state index contributed by atoms with van der Waals surface area (Å²) in [6.45, 7) is 3.49. The number of alkyl halides is 2. The van der Waals surface area contributed by atoms with Gasteiger partial charge in [-0.2, -0.15) is 5.26 Å². The molecule has 41 heavy (non-hydrogen) atoms. The van der Waals surface area contributed by atoms with E-state index in [4.69, 9.17) is 9.47 Å². The van der Waals surface area contributed by atoms with Crippen molar-refractivity contribution >= 4 is 23.2 Å². The van der Waals surface area contributed by atoms with E-state index in [2.05, 4.69) is 20.2 Å². The molecule has 0 radical (unpaired) electrons. The summed E-state index contributed by atoms with van der Waals surface area (Å²) >= 11 is 0. The van der Waals surface area contributed by atoms with Gasteiger partial charge >= 0.3 is 5.92 Å². The molecule has 2 saturated heterocycles. The molecular formula is C29H30F2N6O4. The number of amides is 1. The first kappa shape index (κ1) is 28.2. The summed E-state index contributed by atoms with van der Waals surface area (Å²) in [7, 11) is 0. The number of benzene rings is 2. The number of nitrogens with one attached hydrogen (secondary N) is 1. The lowest BCUT2D eigenvalue weighted by Gasteiger charge is -2.38. The zero-order chi connectivity index (χ0) is 29.0. The van der Waals surface area contributed by atoms with Crippen LogP contribution in [0, 0.1) is 11.3 Å². The lowest BCUT2D eigenvalue weighted by atomic mass is 10.0. The Labute approximate surface area is 236 Å². The predicted octanol–water partition coefficient (Wildman–Crippen LogP) is 3.59. The van der Waals surface area contributed by atoms with Gasteiger partial charge in [0.2, 0.25) is 5.95 Å². The smallest absolute Gasteiger partial charge is 0.301 e. The van der Waals surface area contributed by atoms with Crippen molar-refractivity contribution < 1.29 is 28.2 Å². The normalized spacial score (nSPS) is 19.2. The number of nitriles is 1. The van der Waals surface area contributed by atoms with Crippen molar-refractivity contribution in [3.63, 3.8) is 0 Å². The highest BCUT2D eigenvalue weighted by Crippen LogP contribution is 2.34. The molecule has 12 heteroatoms. The Bertz CT molecular complexity index is 1420. The fraction of sp³-hybridized carbons (Fsp3) is 0.379. The molecule has 2 aliphatic rings. The lowest BCUT2D eigenvalue weighted by molar-refractivity contribution is -0.165. The molecule has 0 aliphatic carbocycles. The maximum atomic E-state index is 14.8. The van der Waals surface area contributed by atoms with Crippen LogP contribution < -0.4 is 15.0 Å². The van der Waals surface area contributed by atoms with Gasteiger partial charge in [-0.05, 0) is 55.5 Å². The molecule has 3 heterocycles. The Hall–Kier alpha value is -4.34. The van der Waals surface area contributed by atoms with E-state index >= 15 is 0 Å². The van der Waals surface area contributed by atoms with E-state index in [9.17, 15) is 23.9 Å². The summed E-state index contributed by atoms with van der Waals surface area (Å²) in [5.41, 5.74) is 3.11. The number of halogens is 2. The minimum Gasteiger partial charge on any atom is -0.483 e. The molecule has 1 amide bonds. The van der Waals surface area contributed by atoms with Gasteiger partial charge in [0.05, 0.1) is 31.0 Å². The molecule has 0 spiro atoms. The zero-order valence-electron chi connectivity index (χ0n) is 22.5. The molecule has 2 fully saturated rings. The second kappa shape index (κ2) is 12.0. The van der Waals surface area contributed by atoms with E-state index in [1.54, 1.807) is 18.3 Å². The second-order valence-corrected chi connectivity index (χ2v) is 9.95. The van der Waals surface area contributed by atoms with Crippen LogP contribution in [-0.4, -0.2) is 83.4 Å². The van der Waals surface area contributed by atoms with E-state index in [1.165, 1.54) is 19.1 Å². The Kier molecular flexibility index (Phi) is 8.28. The minimum atomic E-state index is -3.36. The number of nitrogens with zero attached hydrogens (tertiary/aromatic N) is 5. The summed E-state index contributed by atoms with van der Waals surface area (Å²) in [6.07, 6.45) is -1.44. The van der Waals surface area contributed by atoms with Crippen molar-refractivity contribution in [1.82, 2.24) is 14.9 Å². The Morgan fingerprint density at radius 1 is 1.20 bits per heavy atom. The molecule has 3 aromatic rings. The summed E-state index contributed by atoms with van der Waals surface area (Å²) in [5, 5.41) is 22.4. The van der Waals surface area contributed by atoms with Gasteiger partial charge in [-0.25, -0.2) is 18.7 Å². The number of piperidine rings is 1. The summed E-state index contributed by atoms with van der Waals surface area (Å²) in [4.78, 5) is 24.0. The number of likely N-dealkylation sites (tertiary alicyclic amines) is 1. The topological polar surface area (TPSA) is 124 Å². The number of aliphatic hydroxyl groups excluding tert-OH is 1. The average Bonchev–Trinajstić information content (AvgIpc) is 2.98. The number of ether oxygens (including phenoxy) is 2. The molecule has 1 aromatic heterocycles. The third kappa shape index (κ3) is 6.53. The van der Waals surface area contributed by atoms with E-state index in [-0.39, 0.29) is 24.3 Å². The summed E-state index contributed by atoms with van der Waals surface area (Å²) < 4.78 is 40.7. The lowest BCUT2D eigenvalue weighted by Crippen LogP contribution is -2.56. The van der Waals surface area contributed by atoms with E-state index in [0.717, 1.165) is 29.4 Å². The third-order valence-corrected chi connectivity index (χ3v) is 7.02. The standard InChI is InChI=1S/C29H30F2N6O4/c1-19(38)27(39)37-11-9-26(29(30,31)18-37)41-25-7-2-20(16-21(25)17-32)24-8-10-33-28(35-24)34-22-3-5-23(6-4-22)36-12-14-40-15-13-36/h2-8,10,16,19,26,38H,9,11-15,18H2,1H3,(H,33,34,35)/t19-,26?/m0/s1. The van der Waals surface area contributed by atoms with Gasteiger partial charge in [-0.15, -0.1) is 0 Å². The molecule has 2 aliphatic heterocycles. The van der Waals surface area contributed by atoms with Crippen molar-refractivity contribution in [3.05, 3.63) is 60.3 Å². The first-order valence-corrected chi connectivity index (χ1v) is 13.3. The SMILES string of the molecule is C[C@H](O)C(=O)N1CCC(Oc2ccc(-c3ccnc(Nc4ccc(N5CCOCC5)cc4)n3)cc2C#N)C(F)(F)C1. The monoisotopic (exact) mass is 564 g/mol. The average molecular weight is 565 g/mol. The van der Waals surface area contributed by atoms with E-state index < -0.39 is 30.6 Å². The predicted molar refractivity (Wildman–Crippen MR) is 147 cm³/mol. The largest absolute Gasteiger partial charge is 0.483 e. The molecule has 2 atom stereocenters. The molecule has 10 nitrogen and oxygen atoms in total. The quantitative estimate of drug-likeness (QED) is 0.443. The maximum Gasteiger partial charge on any atom is 0.301 e. The number of rotatable bonds is 7. The van der Waals surface area contributed by atoms with Gasteiger partial charge in [-0.1, -0.05) is 0 Å². The van der Waals surface area contributed by atoms with Crippen molar-refractivity contribution in [2.24, 2.45) is 0 Å². The van der Waals surface area contributed by atoms with Crippen LogP contribution in [0.4, 0.5) is 26.1 Å². The van der Waals surface area contributed by atoms with Crippen LogP contribution in [0.1, 0.15) is 18.9 Å². The van der Waals surface area contributed by atoms with Crippen LogP contribution in [0.2, 0.25) is 0 Å². The van der Waals surface area contributed by atoms with Gasteiger partial charge in [-0.3, -0.25) is 4.79 Å². The number of carbonyl (C=O) groups is 1. The fourth-order valence-electron chi connectivity index (χ4n) is 4.84. The van der Waals surface area contributed by atoms with Crippen LogP contribution >= 0.6 is 0 Å². The van der Waals surface area contributed by atoms with Gasteiger partial charge in [0, 0.05) is 49.2 Å². The van der Waals surface area contributed by atoms with Crippen molar-refractivity contribution in [1.29, 1.82) is 5.26 Å². The Morgan fingerprint density at radius 3 is 2.63 bits per heavy atom. The molecule has 2 N–H and O–H groups in total. The highest BCUT2D eigenvalue weighted by molar-refractivity contribution is 5.80. The van der Waals surface area contributed by atoms with Crippen molar-refractivity contribution in [3.8, 4) is 23.1 Å². The molecule has 1 unspecified atom stereocenters. The molecule has 0 bridgehead atoms. The number of anilines is 3. The summed E-state index contributed by atoms with van der Waals surface area (Å²) in [6, 6.07) is 16.3. The van der Waals surface area contributed by atoms with Crippen LogP contribution in [0.25, 0.3) is 11.3 Å². The highest BCUT2D eigenvalue weighted by atomic mass is 19.3. The first-order chi connectivity index (χ1) is 19.7. The van der Waals surface area contributed by atoms with Gasteiger partial charge in [0.25, 0.3) is 5.91 Å². The number of morpholine rings is 1. The molecule has 214 valence electrons. The number of aliphatic hydroxyl groups is 1. The number of aromatic nitrogens is 2. The van der Waals surface area contributed by atoms with Crippen molar-refractivity contribution in [2.75, 3.05) is 49.6 Å². The second-order valence-electron chi connectivity index (χ2n) is 9.95. The molecule has 5 rings (SSSR count). The number of hydrogen-bond donors (Lipinski definition) is 2. The van der Waals surface area contributed by atoms with Crippen LogP contribution in [0.5, 0.6) is 5.75 Å². The van der Waals surface area contributed by atoms with Crippen LogP contribution in [-0.2, 0) is 9.53 Å². The summed E-state index contributed by atoms with van der Waals surface area (Å²) in [5.74, 6) is -3.74. The first-order valence-electron chi connectivity index (χ1n) is 13.3. The van der Waals surface area contributed by atoms with Crippen molar-refractivity contribution in [2.45, 2.75) is 31.5 Å². The van der Waals surface area contributed by atoms with Gasteiger partial charge in [0.15, 0.2) is 6.10 Å². The molecule has 2 aromatic carbocycles. The number of carbonyl (C=O) groups excluding carboxylic acids is 1. The Morgan fingerprint density at radius 2 is 1.95 bits per heavy atom. The van der Waals surface area contributed by atoms with Gasteiger partial charge < -0.3 is 29.7 Å². The van der Waals surface area contributed by atoms with Crippen LogP contribution in [0.15, 0.2) is 54.7 Å². The molecular weight excluding hydrogens is 534 g/mol. The number of hydrogen-bond acceptors (Lipinski definition) is 9. The van der Waals surface area contributed by atoms with Crippen LogP contribution in [0.3, 0.4) is 0 Å². The van der Waals surface area contributed by atoms with E-state index in [0.29, 0.717) is 30.4 Å². The molecule has 0 saturated carbocycles. The Balaban J connectivity index is 1.27. The van der Waals surface area contributed by atoms with E-state index in [1.807, 2.05) is 30.3 Å². The minimum absolute atomic E-state index is 0.0105. The zero-order valence-corrected chi connectivity index (χ0v) is 22.5. The maximum absolute atomic E-state index is 14.8.